The summed E-state index contributed by atoms with van der Waals surface area (Å²) in [5.74, 6) is 2.17. The fraction of sp³-hybridized carbons (Fsp3) is 0.333. The number of benzene rings is 1. The summed E-state index contributed by atoms with van der Waals surface area (Å²) in [6.45, 7) is 0. The molecule has 0 aliphatic carbocycles. The zero-order valence-corrected chi connectivity index (χ0v) is 11.3. The van der Waals surface area contributed by atoms with Gasteiger partial charge in [-0.3, -0.25) is 0 Å². The highest BCUT2D eigenvalue weighted by Crippen LogP contribution is 2.31. The quantitative estimate of drug-likeness (QED) is 0.789. The molecule has 1 aromatic heterocycles. The summed E-state index contributed by atoms with van der Waals surface area (Å²) in [5, 5.41) is 8.55. The Morgan fingerprint density at radius 3 is 2.89 bits per heavy atom. The minimum atomic E-state index is 0.424. The third kappa shape index (κ3) is 2.94. The van der Waals surface area contributed by atoms with E-state index in [9.17, 15) is 0 Å². The van der Waals surface area contributed by atoms with Gasteiger partial charge in [-0.15, -0.1) is 21.8 Å². The van der Waals surface area contributed by atoms with Gasteiger partial charge in [-0.2, -0.15) is 0 Å². The fourth-order valence-electron chi connectivity index (χ4n) is 1.52. The number of nitrogens with zero attached hydrogens (tertiary/aromatic N) is 2. The summed E-state index contributed by atoms with van der Waals surface area (Å²) in [6, 6.07) is 5.25. The van der Waals surface area contributed by atoms with Gasteiger partial charge < -0.3 is 9.15 Å². The van der Waals surface area contributed by atoms with Crippen LogP contribution in [0.5, 0.6) is 5.75 Å². The van der Waals surface area contributed by atoms with Crippen LogP contribution in [0, 0.1) is 0 Å². The Kier molecular flexibility index (Phi) is 4.44. The van der Waals surface area contributed by atoms with Crippen LogP contribution in [0.15, 0.2) is 22.6 Å². The zero-order valence-electron chi connectivity index (χ0n) is 9.82. The van der Waals surface area contributed by atoms with Crippen LogP contribution in [-0.2, 0) is 6.42 Å². The lowest BCUT2D eigenvalue weighted by Crippen LogP contribution is -1.88. The van der Waals surface area contributed by atoms with Crippen molar-refractivity contribution in [2.24, 2.45) is 0 Å². The maximum Gasteiger partial charge on any atom is 0.251 e. The van der Waals surface area contributed by atoms with Gasteiger partial charge in [-0.05, 0) is 24.6 Å². The summed E-state index contributed by atoms with van der Waals surface area (Å²) in [7, 11) is 1.57. The van der Waals surface area contributed by atoms with Crippen LogP contribution in [-0.4, -0.2) is 23.2 Å². The number of hydrogen-bond acceptors (Lipinski definition) is 4. The van der Waals surface area contributed by atoms with E-state index in [4.69, 9.17) is 32.4 Å². The molecule has 2 aromatic rings. The Balaban J connectivity index is 2.28. The molecule has 1 aromatic carbocycles. The lowest BCUT2D eigenvalue weighted by molar-refractivity contribution is 0.413. The molecule has 0 N–H and O–H groups in total. The van der Waals surface area contributed by atoms with Crippen molar-refractivity contribution >= 4 is 23.2 Å². The lowest BCUT2D eigenvalue weighted by Gasteiger charge is -2.04. The molecule has 0 aliphatic rings. The Morgan fingerprint density at radius 2 is 2.17 bits per heavy atom. The molecule has 6 heteroatoms. The average Bonchev–Trinajstić information content (AvgIpc) is 2.84. The number of alkyl halides is 1. The first-order valence-electron chi connectivity index (χ1n) is 5.47. The Hall–Kier alpha value is -1.26. The van der Waals surface area contributed by atoms with E-state index in [1.807, 2.05) is 0 Å². The molecule has 0 radical (unpaired) electrons. The number of aryl methyl sites for hydroxylation is 1. The number of ether oxygens (including phenoxy) is 1. The summed E-state index contributed by atoms with van der Waals surface area (Å²) in [5.41, 5.74) is 0.728. The number of aromatic nitrogens is 2. The first-order valence-corrected chi connectivity index (χ1v) is 6.38. The largest absolute Gasteiger partial charge is 0.496 e. The van der Waals surface area contributed by atoms with E-state index in [1.54, 1.807) is 25.3 Å². The van der Waals surface area contributed by atoms with Crippen molar-refractivity contribution < 1.29 is 9.15 Å². The van der Waals surface area contributed by atoms with Crippen LogP contribution in [0.2, 0.25) is 5.02 Å². The van der Waals surface area contributed by atoms with Crippen molar-refractivity contribution in [1.82, 2.24) is 10.2 Å². The molecule has 0 bridgehead atoms. The smallest absolute Gasteiger partial charge is 0.251 e. The molecule has 0 aliphatic heterocycles. The predicted molar refractivity (Wildman–Crippen MR) is 70.3 cm³/mol. The van der Waals surface area contributed by atoms with Gasteiger partial charge >= 0.3 is 0 Å². The Labute approximate surface area is 115 Å². The second kappa shape index (κ2) is 6.07. The monoisotopic (exact) mass is 286 g/mol. The van der Waals surface area contributed by atoms with Crippen molar-refractivity contribution in [3.8, 4) is 17.2 Å². The van der Waals surface area contributed by atoms with Gasteiger partial charge in [0.25, 0.3) is 5.89 Å². The van der Waals surface area contributed by atoms with Gasteiger partial charge in [0, 0.05) is 17.3 Å². The van der Waals surface area contributed by atoms with Crippen LogP contribution in [0.1, 0.15) is 12.3 Å². The highest BCUT2D eigenvalue weighted by atomic mass is 35.5. The first-order chi connectivity index (χ1) is 8.74. The van der Waals surface area contributed by atoms with Gasteiger partial charge in [0.2, 0.25) is 5.89 Å². The summed E-state index contributed by atoms with van der Waals surface area (Å²) < 4.78 is 10.8. The van der Waals surface area contributed by atoms with Crippen molar-refractivity contribution in [1.29, 1.82) is 0 Å². The molecule has 0 spiro atoms. The third-order valence-corrected chi connectivity index (χ3v) is 2.89. The molecular weight excluding hydrogens is 275 g/mol. The van der Waals surface area contributed by atoms with E-state index in [0.717, 1.165) is 12.0 Å². The van der Waals surface area contributed by atoms with E-state index in [0.29, 0.717) is 34.9 Å². The van der Waals surface area contributed by atoms with Crippen LogP contribution in [0.25, 0.3) is 11.5 Å². The average molecular weight is 287 g/mol. The Bertz CT molecular complexity index is 529. The molecule has 4 nitrogen and oxygen atoms in total. The summed E-state index contributed by atoms with van der Waals surface area (Å²) in [4.78, 5) is 0. The molecule has 2 rings (SSSR count). The lowest BCUT2D eigenvalue weighted by atomic mass is 10.2. The molecule has 1 heterocycles. The highest BCUT2D eigenvalue weighted by molar-refractivity contribution is 6.30. The minimum Gasteiger partial charge on any atom is -0.496 e. The van der Waals surface area contributed by atoms with Gasteiger partial charge in [0.1, 0.15) is 5.75 Å². The maximum absolute atomic E-state index is 5.90. The topological polar surface area (TPSA) is 48.2 Å². The number of halogens is 2. The normalized spacial score (nSPS) is 10.6. The van der Waals surface area contributed by atoms with Crippen molar-refractivity contribution in [2.75, 3.05) is 13.0 Å². The molecule has 18 heavy (non-hydrogen) atoms. The van der Waals surface area contributed by atoms with Crippen LogP contribution in [0.4, 0.5) is 0 Å². The predicted octanol–water partition coefficient (Wildman–Crippen LogP) is 3.57. The Morgan fingerprint density at radius 1 is 1.33 bits per heavy atom. The molecule has 0 saturated heterocycles. The van der Waals surface area contributed by atoms with Crippen molar-refractivity contribution in [3.63, 3.8) is 0 Å². The number of hydrogen-bond donors (Lipinski definition) is 0. The molecule has 0 amide bonds. The first kappa shape index (κ1) is 13.2. The highest BCUT2D eigenvalue weighted by Gasteiger charge is 2.13. The van der Waals surface area contributed by atoms with E-state index in [-0.39, 0.29) is 0 Å². The van der Waals surface area contributed by atoms with E-state index >= 15 is 0 Å². The second-order valence-corrected chi connectivity index (χ2v) is 4.45. The molecule has 0 atom stereocenters. The van der Waals surface area contributed by atoms with E-state index in [1.165, 1.54) is 0 Å². The van der Waals surface area contributed by atoms with Gasteiger partial charge in [0.15, 0.2) is 0 Å². The van der Waals surface area contributed by atoms with E-state index < -0.39 is 0 Å². The number of methoxy groups -OCH3 is 1. The SMILES string of the molecule is COc1cc(Cl)ccc1-c1nnc(CCCCl)o1. The van der Waals surface area contributed by atoms with Gasteiger partial charge in [-0.25, -0.2) is 0 Å². The molecule has 0 fully saturated rings. The van der Waals surface area contributed by atoms with Crippen LogP contribution < -0.4 is 4.74 Å². The maximum atomic E-state index is 5.90. The summed E-state index contributed by atoms with van der Waals surface area (Å²) >= 11 is 11.5. The molecule has 0 saturated carbocycles. The standard InChI is InChI=1S/C12H12Cl2N2O2/c1-17-10-7-8(14)4-5-9(10)12-16-15-11(18-12)3-2-6-13/h4-5,7H,2-3,6H2,1H3. The third-order valence-electron chi connectivity index (χ3n) is 2.39. The van der Waals surface area contributed by atoms with Crippen molar-refractivity contribution in [2.45, 2.75) is 12.8 Å². The second-order valence-electron chi connectivity index (χ2n) is 3.64. The summed E-state index contributed by atoms with van der Waals surface area (Å²) in [6.07, 6.45) is 1.48. The molecular formula is C12H12Cl2N2O2. The molecule has 0 unspecified atom stereocenters. The van der Waals surface area contributed by atoms with Gasteiger partial charge in [-0.1, -0.05) is 11.6 Å². The molecule has 96 valence electrons. The van der Waals surface area contributed by atoms with Crippen molar-refractivity contribution in [3.05, 3.63) is 29.1 Å². The van der Waals surface area contributed by atoms with E-state index in [2.05, 4.69) is 10.2 Å². The number of rotatable bonds is 5. The fourth-order valence-corrected chi connectivity index (χ4v) is 1.82. The zero-order chi connectivity index (χ0) is 13.0. The minimum absolute atomic E-state index is 0.424. The van der Waals surface area contributed by atoms with Gasteiger partial charge in [0.05, 0.1) is 12.7 Å². The van der Waals surface area contributed by atoms with Crippen LogP contribution >= 0.6 is 23.2 Å². The van der Waals surface area contributed by atoms with Crippen LogP contribution in [0.3, 0.4) is 0 Å².